The van der Waals surface area contributed by atoms with Crippen LogP contribution in [0.1, 0.15) is 11.1 Å². The maximum absolute atomic E-state index is 5.19. The Bertz CT molecular complexity index is 602. The van der Waals surface area contributed by atoms with Gasteiger partial charge in [0, 0.05) is 5.69 Å². The molecule has 1 heterocycles. The van der Waals surface area contributed by atoms with Crippen LogP contribution in [0.2, 0.25) is 0 Å². The van der Waals surface area contributed by atoms with E-state index in [9.17, 15) is 0 Å². The lowest BCUT2D eigenvalue weighted by atomic mass is 10.1. The third-order valence-corrected chi connectivity index (χ3v) is 3.80. The monoisotopic (exact) mass is 237 g/mol. The van der Waals surface area contributed by atoms with Crippen molar-refractivity contribution in [2.24, 2.45) is 0 Å². The highest BCUT2D eigenvalue weighted by Crippen LogP contribution is 2.37. The normalized spacial score (nSPS) is 16.9. The van der Waals surface area contributed by atoms with Crippen LogP contribution in [0.3, 0.4) is 0 Å². The summed E-state index contributed by atoms with van der Waals surface area (Å²) in [5, 5.41) is 3.51. The average Bonchev–Trinajstić information content (AvgIpc) is 2.71. The summed E-state index contributed by atoms with van der Waals surface area (Å²) < 4.78 is 5.19. The van der Waals surface area contributed by atoms with E-state index in [0.717, 1.165) is 19.6 Å². The molecule has 2 aromatic rings. The van der Waals surface area contributed by atoms with Gasteiger partial charge in [-0.25, -0.2) is 0 Å². The minimum absolute atomic E-state index is 0.492. The zero-order chi connectivity index (χ0) is 11.9. The Morgan fingerprint density at radius 1 is 0.944 bits per heavy atom. The summed E-state index contributed by atoms with van der Waals surface area (Å²) >= 11 is 0. The van der Waals surface area contributed by atoms with Crippen molar-refractivity contribution in [3.8, 4) is 11.1 Å². The van der Waals surface area contributed by atoms with Crippen molar-refractivity contribution in [1.29, 1.82) is 0 Å². The van der Waals surface area contributed by atoms with Gasteiger partial charge < -0.3 is 10.1 Å². The van der Waals surface area contributed by atoms with Gasteiger partial charge in [-0.3, -0.25) is 0 Å². The number of ether oxygens (including phenoxy) is 1. The Hall–Kier alpha value is -1.80. The first-order chi connectivity index (χ1) is 8.90. The fraction of sp³-hybridized carbons (Fsp3) is 0.250. The number of fused-ring (bicyclic) bond motifs is 3. The van der Waals surface area contributed by atoms with E-state index in [1.807, 2.05) is 0 Å². The largest absolute Gasteiger partial charge is 0.378 e. The standard InChI is InChI=1S/C16H15NO/c1-2-4-15-11(3-1)7-12-8-13(5-6-16(12)15)17-14-9-18-10-14/h1-6,8,14,17H,7,9-10H2. The van der Waals surface area contributed by atoms with E-state index < -0.39 is 0 Å². The summed E-state index contributed by atoms with van der Waals surface area (Å²) in [6.45, 7) is 1.66. The topological polar surface area (TPSA) is 21.3 Å². The molecular formula is C16H15NO. The van der Waals surface area contributed by atoms with E-state index in [4.69, 9.17) is 4.74 Å². The van der Waals surface area contributed by atoms with E-state index in [1.165, 1.54) is 27.9 Å². The predicted octanol–water partition coefficient (Wildman–Crippen LogP) is 3.07. The molecule has 0 aromatic heterocycles. The molecule has 90 valence electrons. The van der Waals surface area contributed by atoms with E-state index in [1.54, 1.807) is 0 Å². The molecule has 4 rings (SSSR count). The maximum atomic E-state index is 5.19. The summed E-state index contributed by atoms with van der Waals surface area (Å²) in [6.07, 6.45) is 1.06. The van der Waals surface area contributed by atoms with Crippen molar-refractivity contribution in [1.82, 2.24) is 0 Å². The van der Waals surface area contributed by atoms with Gasteiger partial charge in [0.25, 0.3) is 0 Å². The molecule has 1 fully saturated rings. The van der Waals surface area contributed by atoms with E-state index in [-0.39, 0.29) is 0 Å². The van der Waals surface area contributed by atoms with Gasteiger partial charge >= 0.3 is 0 Å². The van der Waals surface area contributed by atoms with E-state index in [0.29, 0.717) is 6.04 Å². The first-order valence-corrected chi connectivity index (χ1v) is 6.46. The molecule has 2 nitrogen and oxygen atoms in total. The number of rotatable bonds is 2. The molecule has 0 saturated carbocycles. The minimum Gasteiger partial charge on any atom is -0.378 e. The van der Waals surface area contributed by atoms with Crippen LogP contribution in [-0.2, 0) is 11.2 Å². The zero-order valence-corrected chi connectivity index (χ0v) is 10.1. The first kappa shape index (κ1) is 10.2. The molecule has 0 atom stereocenters. The molecule has 0 bridgehead atoms. The van der Waals surface area contributed by atoms with Gasteiger partial charge in [-0.2, -0.15) is 0 Å². The summed E-state index contributed by atoms with van der Waals surface area (Å²) in [4.78, 5) is 0. The second kappa shape index (κ2) is 3.85. The van der Waals surface area contributed by atoms with Crippen molar-refractivity contribution < 1.29 is 4.74 Å². The van der Waals surface area contributed by atoms with Crippen LogP contribution in [0.5, 0.6) is 0 Å². The Kier molecular flexibility index (Phi) is 2.17. The van der Waals surface area contributed by atoms with E-state index >= 15 is 0 Å². The predicted molar refractivity (Wildman–Crippen MR) is 72.9 cm³/mol. The van der Waals surface area contributed by atoms with Gasteiger partial charge in [-0.15, -0.1) is 0 Å². The van der Waals surface area contributed by atoms with E-state index in [2.05, 4.69) is 47.8 Å². The van der Waals surface area contributed by atoms with Crippen molar-refractivity contribution in [2.45, 2.75) is 12.5 Å². The second-order valence-corrected chi connectivity index (χ2v) is 5.08. The Morgan fingerprint density at radius 3 is 2.61 bits per heavy atom. The van der Waals surface area contributed by atoms with Crippen LogP contribution in [0.15, 0.2) is 42.5 Å². The van der Waals surface area contributed by atoms with Gasteiger partial charge in [0.05, 0.1) is 19.3 Å². The highest BCUT2D eigenvalue weighted by molar-refractivity contribution is 5.78. The van der Waals surface area contributed by atoms with Gasteiger partial charge in [0.1, 0.15) is 0 Å². The molecular weight excluding hydrogens is 222 g/mol. The molecule has 0 radical (unpaired) electrons. The lowest BCUT2D eigenvalue weighted by molar-refractivity contribution is 0.0211. The fourth-order valence-electron chi connectivity index (χ4n) is 2.79. The van der Waals surface area contributed by atoms with Crippen LogP contribution >= 0.6 is 0 Å². The third-order valence-electron chi connectivity index (χ3n) is 3.80. The fourth-order valence-corrected chi connectivity index (χ4v) is 2.79. The molecule has 0 unspecified atom stereocenters. The molecule has 0 spiro atoms. The SMILES string of the molecule is c1ccc2c(c1)Cc1cc(NC3COC3)ccc1-2. The molecule has 1 aliphatic heterocycles. The average molecular weight is 237 g/mol. The minimum atomic E-state index is 0.492. The summed E-state index contributed by atoms with van der Waals surface area (Å²) in [6, 6.07) is 15.9. The van der Waals surface area contributed by atoms with Crippen LogP contribution in [0, 0.1) is 0 Å². The molecule has 18 heavy (non-hydrogen) atoms. The van der Waals surface area contributed by atoms with Gasteiger partial charge in [-0.05, 0) is 40.8 Å². The van der Waals surface area contributed by atoms with Gasteiger partial charge in [0.2, 0.25) is 0 Å². The molecule has 1 N–H and O–H groups in total. The number of anilines is 1. The maximum Gasteiger partial charge on any atom is 0.0728 e. The van der Waals surface area contributed by atoms with Gasteiger partial charge in [0.15, 0.2) is 0 Å². The lowest BCUT2D eigenvalue weighted by Gasteiger charge is -2.28. The van der Waals surface area contributed by atoms with Crippen LogP contribution in [-0.4, -0.2) is 19.3 Å². The highest BCUT2D eigenvalue weighted by atomic mass is 16.5. The molecule has 1 aliphatic carbocycles. The highest BCUT2D eigenvalue weighted by Gasteiger charge is 2.20. The van der Waals surface area contributed by atoms with Crippen LogP contribution in [0.4, 0.5) is 5.69 Å². The molecule has 2 aromatic carbocycles. The smallest absolute Gasteiger partial charge is 0.0728 e. The summed E-state index contributed by atoms with van der Waals surface area (Å²) in [7, 11) is 0. The molecule has 2 heteroatoms. The Labute approximate surface area is 107 Å². The number of benzene rings is 2. The third kappa shape index (κ3) is 1.53. The van der Waals surface area contributed by atoms with Crippen molar-refractivity contribution in [3.05, 3.63) is 53.6 Å². The van der Waals surface area contributed by atoms with Crippen molar-refractivity contribution in [3.63, 3.8) is 0 Å². The van der Waals surface area contributed by atoms with Crippen LogP contribution < -0.4 is 5.32 Å². The second-order valence-electron chi connectivity index (χ2n) is 5.08. The Balaban J connectivity index is 1.68. The zero-order valence-electron chi connectivity index (χ0n) is 10.1. The molecule has 2 aliphatic rings. The van der Waals surface area contributed by atoms with Gasteiger partial charge in [-0.1, -0.05) is 30.3 Å². The quantitative estimate of drug-likeness (QED) is 0.739. The lowest BCUT2D eigenvalue weighted by Crippen LogP contribution is -2.40. The Morgan fingerprint density at radius 2 is 1.78 bits per heavy atom. The molecule has 0 amide bonds. The van der Waals surface area contributed by atoms with Crippen molar-refractivity contribution >= 4 is 5.69 Å². The van der Waals surface area contributed by atoms with Crippen molar-refractivity contribution in [2.75, 3.05) is 18.5 Å². The summed E-state index contributed by atoms with van der Waals surface area (Å²) in [5.74, 6) is 0. The van der Waals surface area contributed by atoms with Crippen LogP contribution in [0.25, 0.3) is 11.1 Å². The number of nitrogens with one attached hydrogen (secondary N) is 1. The molecule has 1 saturated heterocycles. The number of hydrogen-bond acceptors (Lipinski definition) is 2. The number of hydrogen-bond donors (Lipinski definition) is 1. The summed E-state index contributed by atoms with van der Waals surface area (Å²) in [5.41, 5.74) is 6.87. The first-order valence-electron chi connectivity index (χ1n) is 6.46.